The molecule has 1 saturated heterocycles. The Kier molecular flexibility index (Phi) is 6.51. The smallest absolute Gasteiger partial charge is 0.274 e. The van der Waals surface area contributed by atoms with Crippen molar-refractivity contribution >= 4 is 11.7 Å². The van der Waals surface area contributed by atoms with Gasteiger partial charge in [0.2, 0.25) is 0 Å². The van der Waals surface area contributed by atoms with Crippen molar-refractivity contribution in [1.29, 1.82) is 0 Å². The summed E-state index contributed by atoms with van der Waals surface area (Å²) < 4.78 is 0. The molecule has 0 saturated carbocycles. The molecule has 6 nitrogen and oxygen atoms in total. The van der Waals surface area contributed by atoms with E-state index in [1.54, 1.807) is 13.2 Å². The first-order chi connectivity index (χ1) is 15.5. The predicted molar refractivity (Wildman–Crippen MR) is 127 cm³/mol. The number of likely N-dealkylation sites (tertiary alicyclic amines) is 1. The summed E-state index contributed by atoms with van der Waals surface area (Å²) in [4.78, 5) is 23.2. The third-order valence-electron chi connectivity index (χ3n) is 6.23. The molecule has 0 aliphatic carbocycles. The highest BCUT2D eigenvalue weighted by molar-refractivity contribution is 5.92. The summed E-state index contributed by atoms with van der Waals surface area (Å²) in [5.41, 5.74) is 6.01. The number of hydrogen-bond donors (Lipinski definition) is 2. The van der Waals surface area contributed by atoms with Crippen molar-refractivity contribution in [3.8, 4) is 11.1 Å². The zero-order valence-electron chi connectivity index (χ0n) is 18.9. The zero-order chi connectivity index (χ0) is 22.7. The van der Waals surface area contributed by atoms with Crippen LogP contribution in [0, 0.1) is 0 Å². The average molecular weight is 431 g/mol. The summed E-state index contributed by atoms with van der Waals surface area (Å²) >= 11 is 0. The van der Waals surface area contributed by atoms with Gasteiger partial charge in [0, 0.05) is 26.1 Å². The van der Waals surface area contributed by atoms with Crippen LogP contribution in [0.15, 0.2) is 54.9 Å². The van der Waals surface area contributed by atoms with Gasteiger partial charge in [0.25, 0.3) is 5.91 Å². The van der Waals surface area contributed by atoms with Gasteiger partial charge in [-0.15, -0.1) is 0 Å². The molecule has 2 heterocycles. The van der Waals surface area contributed by atoms with Gasteiger partial charge in [0.05, 0.1) is 19.0 Å². The van der Waals surface area contributed by atoms with Gasteiger partial charge in [-0.3, -0.25) is 9.78 Å². The second kappa shape index (κ2) is 9.49. The van der Waals surface area contributed by atoms with Crippen LogP contribution in [-0.2, 0) is 6.61 Å². The van der Waals surface area contributed by atoms with Gasteiger partial charge in [-0.1, -0.05) is 50.2 Å². The van der Waals surface area contributed by atoms with E-state index in [0.29, 0.717) is 30.5 Å². The quantitative estimate of drug-likeness (QED) is 0.605. The molecule has 0 bridgehead atoms. The third kappa shape index (κ3) is 4.36. The molecule has 0 spiro atoms. The number of rotatable bonds is 6. The maximum atomic E-state index is 12.9. The van der Waals surface area contributed by atoms with E-state index in [1.165, 1.54) is 17.3 Å². The molecule has 0 radical (unpaired) electrons. The Morgan fingerprint density at radius 3 is 2.78 bits per heavy atom. The van der Waals surface area contributed by atoms with Crippen LogP contribution >= 0.6 is 0 Å². The highest BCUT2D eigenvalue weighted by Gasteiger charge is 2.30. The molecule has 1 atom stereocenters. The van der Waals surface area contributed by atoms with Crippen molar-refractivity contribution in [3.63, 3.8) is 0 Å². The van der Waals surface area contributed by atoms with E-state index in [9.17, 15) is 9.90 Å². The van der Waals surface area contributed by atoms with Gasteiger partial charge in [0.1, 0.15) is 11.5 Å². The van der Waals surface area contributed by atoms with Gasteiger partial charge in [0.15, 0.2) is 0 Å². The summed E-state index contributed by atoms with van der Waals surface area (Å²) in [5, 5.41) is 13.1. The molecule has 6 heteroatoms. The van der Waals surface area contributed by atoms with Crippen LogP contribution in [0.25, 0.3) is 11.1 Å². The minimum Gasteiger partial charge on any atom is -0.392 e. The van der Waals surface area contributed by atoms with Crippen LogP contribution in [0.3, 0.4) is 0 Å². The molecule has 1 aromatic heterocycles. The number of aromatic nitrogens is 2. The van der Waals surface area contributed by atoms with Crippen LogP contribution in [0.4, 0.5) is 5.82 Å². The molecule has 1 aliphatic rings. The SMILES string of the molecule is CNc1cncc(C(=O)N2CCC(c3ccc(-c4ccccc4C(C)C)cc3CO)C2)n1. The molecule has 2 N–H and O–H groups in total. The fraction of sp³-hybridized carbons (Fsp3) is 0.346. The van der Waals surface area contributed by atoms with Crippen molar-refractivity contribution < 1.29 is 9.90 Å². The highest BCUT2D eigenvalue weighted by atomic mass is 16.3. The van der Waals surface area contributed by atoms with Crippen molar-refractivity contribution in [3.05, 3.63) is 77.2 Å². The number of hydrogen-bond acceptors (Lipinski definition) is 5. The van der Waals surface area contributed by atoms with Crippen LogP contribution in [-0.4, -0.2) is 46.0 Å². The van der Waals surface area contributed by atoms with Crippen LogP contribution in [0.2, 0.25) is 0 Å². The lowest BCUT2D eigenvalue weighted by molar-refractivity contribution is 0.0784. The largest absolute Gasteiger partial charge is 0.392 e. The fourth-order valence-corrected chi connectivity index (χ4v) is 4.52. The first-order valence-electron chi connectivity index (χ1n) is 11.1. The second-order valence-electron chi connectivity index (χ2n) is 8.59. The first kappa shape index (κ1) is 22.0. The molecule has 1 fully saturated rings. The lowest BCUT2D eigenvalue weighted by Gasteiger charge is -2.19. The number of amides is 1. The molecule has 32 heavy (non-hydrogen) atoms. The summed E-state index contributed by atoms with van der Waals surface area (Å²) in [7, 11) is 1.75. The van der Waals surface area contributed by atoms with E-state index in [1.807, 2.05) is 4.90 Å². The van der Waals surface area contributed by atoms with Crippen LogP contribution in [0.1, 0.15) is 59.3 Å². The molecular weight excluding hydrogens is 400 g/mol. The number of aliphatic hydroxyl groups excluding tert-OH is 1. The molecule has 3 aromatic rings. The van der Waals surface area contributed by atoms with E-state index in [0.717, 1.165) is 23.1 Å². The monoisotopic (exact) mass is 430 g/mol. The lowest BCUT2D eigenvalue weighted by atomic mass is 9.88. The number of nitrogens with zero attached hydrogens (tertiary/aromatic N) is 3. The third-order valence-corrected chi connectivity index (χ3v) is 6.23. The van der Waals surface area contributed by atoms with E-state index >= 15 is 0 Å². The average Bonchev–Trinajstić information content (AvgIpc) is 3.33. The van der Waals surface area contributed by atoms with E-state index < -0.39 is 0 Å². The van der Waals surface area contributed by atoms with Crippen molar-refractivity contribution in [2.24, 2.45) is 0 Å². The Labute approximate surface area is 189 Å². The first-order valence-corrected chi connectivity index (χ1v) is 11.1. The number of carbonyl (C=O) groups excluding carboxylic acids is 1. The maximum Gasteiger partial charge on any atom is 0.274 e. The molecule has 1 amide bonds. The Balaban J connectivity index is 1.56. The number of nitrogens with one attached hydrogen (secondary N) is 1. The Hall–Kier alpha value is -3.25. The molecule has 4 rings (SSSR count). The van der Waals surface area contributed by atoms with Gasteiger partial charge in [-0.25, -0.2) is 4.98 Å². The minimum absolute atomic E-state index is 0.0207. The summed E-state index contributed by atoms with van der Waals surface area (Å²) in [5.74, 6) is 1.08. The summed E-state index contributed by atoms with van der Waals surface area (Å²) in [6.07, 6.45) is 3.96. The highest BCUT2D eigenvalue weighted by Crippen LogP contribution is 2.35. The summed E-state index contributed by atoms with van der Waals surface area (Å²) in [6, 6.07) is 14.8. The Bertz CT molecular complexity index is 1110. The molecule has 166 valence electrons. The Morgan fingerprint density at radius 2 is 2.03 bits per heavy atom. The molecule has 1 unspecified atom stereocenters. The maximum absolute atomic E-state index is 12.9. The van der Waals surface area contributed by atoms with E-state index in [2.05, 4.69) is 71.6 Å². The molecular formula is C26H30N4O2. The van der Waals surface area contributed by atoms with Crippen LogP contribution < -0.4 is 5.32 Å². The van der Waals surface area contributed by atoms with E-state index in [4.69, 9.17) is 0 Å². The van der Waals surface area contributed by atoms with Gasteiger partial charge in [-0.2, -0.15) is 0 Å². The van der Waals surface area contributed by atoms with Gasteiger partial charge in [-0.05, 0) is 46.2 Å². The summed E-state index contributed by atoms with van der Waals surface area (Å²) in [6.45, 7) is 5.64. The zero-order valence-corrected chi connectivity index (χ0v) is 18.9. The number of benzene rings is 2. The normalized spacial score (nSPS) is 15.9. The Morgan fingerprint density at radius 1 is 1.22 bits per heavy atom. The van der Waals surface area contributed by atoms with Crippen molar-refractivity contribution in [2.75, 3.05) is 25.5 Å². The van der Waals surface area contributed by atoms with Crippen molar-refractivity contribution in [1.82, 2.24) is 14.9 Å². The second-order valence-corrected chi connectivity index (χ2v) is 8.59. The standard InChI is InChI=1S/C26H30N4O2/c1-17(2)21-6-4-5-7-23(21)18-8-9-22(20(12-18)16-31)19-10-11-30(15-19)26(32)24-13-28-14-25(27-3)29-24/h4-9,12-14,17,19,31H,10-11,15-16H2,1-3H3,(H,27,29). The minimum atomic E-state index is -0.106. The van der Waals surface area contributed by atoms with Crippen LogP contribution in [0.5, 0.6) is 0 Å². The molecule has 1 aliphatic heterocycles. The lowest BCUT2D eigenvalue weighted by Crippen LogP contribution is -2.29. The van der Waals surface area contributed by atoms with E-state index in [-0.39, 0.29) is 18.4 Å². The van der Waals surface area contributed by atoms with Gasteiger partial charge < -0.3 is 15.3 Å². The molecule has 2 aromatic carbocycles. The predicted octanol–water partition coefficient (Wildman–Crippen LogP) is 4.43. The fourth-order valence-electron chi connectivity index (χ4n) is 4.52. The number of carbonyl (C=O) groups is 1. The van der Waals surface area contributed by atoms with Crippen molar-refractivity contribution in [2.45, 2.75) is 38.7 Å². The number of aliphatic hydroxyl groups is 1. The topological polar surface area (TPSA) is 78.4 Å². The van der Waals surface area contributed by atoms with Gasteiger partial charge >= 0.3 is 0 Å². The number of anilines is 1.